The number of thiazole rings is 1. The number of aryl methyl sites for hydroxylation is 1. The van der Waals surface area contributed by atoms with Gasteiger partial charge in [-0.1, -0.05) is 32.4 Å². The summed E-state index contributed by atoms with van der Waals surface area (Å²) in [7, 11) is -1.88. The van der Waals surface area contributed by atoms with Gasteiger partial charge >= 0.3 is 0 Å². The molecule has 0 radical (unpaired) electrons. The Balaban J connectivity index is 3.06. The Morgan fingerprint density at radius 3 is 2.46 bits per heavy atom. The van der Waals surface area contributed by atoms with Gasteiger partial charge in [-0.2, -0.15) is 0 Å². The summed E-state index contributed by atoms with van der Waals surface area (Å²) in [4.78, 5) is 4.53. The van der Waals surface area contributed by atoms with E-state index in [2.05, 4.69) is 63.3 Å². The minimum Gasteiger partial charge on any atom is -0.410 e. The van der Waals surface area contributed by atoms with E-state index in [9.17, 15) is 5.11 Å². The molecule has 136 valence electrons. The van der Waals surface area contributed by atoms with Crippen LogP contribution in [0.4, 0.5) is 0 Å². The molecule has 0 aliphatic rings. The second-order valence-electron chi connectivity index (χ2n) is 7.99. The van der Waals surface area contributed by atoms with Crippen molar-refractivity contribution in [1.82, 2.24) is 4.98 Å². The summed E-state index contributed by atoms with van der Waals surface area (Å²) >= 11 is 1.66. The van der Waals surface area contributed by atoms with Crippen LogP contribution in [0.1, 0.15) is 51.7 Å². The van der Waals surface area contributed by atoms with Crippen molar-refractivity contribution >= 4 is 25.7 Å². The van der Waals surface area contributed by atoms with E-state index < -0.39 is 8.32 Å². The fourth-order valence-electron chi connectivity index (χ4n) is 2.00. The maximum absolute atomic E-state index is 9.26. The van der Waals surface area contributed by atoms with Crippen LogP contribution in [0.15, 0.2) is 22.6 Å². The first-order valence-electron chi connectivity index (χ1n) is 8.51. The highest BCUT2D eigenvalue weighted by Crippen LogP contribution is 2.38. The van der Waals surface area contributed by atoms with Crippen molar-refractivity contribution in [2.24, 2.45) is 0 Å². The SMILES string of the molecule is C/C(=C/CC(O[Si](C)(C)C(C)(C)C)/C(C)=C/c1csc(C)n1)CO. The molecule has 1 aromatic rings. The van der Waals surface area contributed by atoms with Crippen molar-refractivity contribution in [3.8, 4) is 0 Å². The molecule has 1 unspecified atom stereocenters. The molecule has 0 aliphatic heterocycles. The number of aromatic nitrogens is 1. The average Bonchev–Trinajstić information content (AvgIpc) is 2.86. The fourth-order valence-corrected chi connectivity index (χ4v) is 3.92. The highest BCUT2D eigenvalue weighted by molar-refractivity contribution is 7.09. The Morgan fingerprint density at radius 2 is 2.00 bits per heavy atom. The van der Waals surface area contributed by atoms with Gasteiger partial charge in [-0.25, -0.2) is 4.98 Å². The van der Waals surface area contributed by atoms with Crippen molar-refractivity contribution in [3.05, 3.63) is 33.3 Å². The van der Waals surface area contributed by atoms with Crippen LogP contribution in [0.25, 0.3) is 6.08 Å². The van der Waals surface area contributed by atoms with Gasteiger partial charge in [0.05, 0.1) is 23.4 Å². The molecule has 1 atom stereocenters. The second kappa shape index (κ2) is 8.56. The smallest absolute Gasteiger partial charge is 0.192 e. The molecule has 0 aromatic carbocycles. The Hall–Kier alpha value is -0.753. The monoisotopic (exact) mass is 367 g/mol. The molecule has 3 nitrogen and oxygen atoms in total. The van der Waals surface area contributed by atoms with Gasteiger partial charge in [0.2, 0.25) is 0 Å². The minimum absolute atomic E-state index is 0.0226. The van der Waals surface area contributed by atoms with Crippen LogP contribution in [0, 0.1) is 6.92 Å². The predicted molar refractivity (Wildman–Crippen MR) is 108 cm³/mol. The largest absolute Gasteiger partial charge is 0.410 e. The average molecular weight is 368 g/mol. The van der Waals surface area contributed by atoms with E-state index in [0.717, 1.165) is 22.7 Å². The van der Waals surface area contributed by atoms with E-state index in [-0.39, 0.29) is 17.7 Å². The fraction of sp³-hybridized carbons (Fsp3) is 0.632. The van der Waals surface area contributed by atoms with E-state index in [1.54, 1.807) is 11.3 Å². The molecule has 1 rings (SSSR count). The standard InChI is InChI=1S/C19H33NO2SSi/c1-14(12-21)9-10-18(22-24(7,8)19(4,5)6)15(2)11-17-13-23-16(3)20-17/h9,11,13,18,21H,10,12H2,1-8H3/b14-9-,15-11+. The van der Waals surface area contributed by atoms with Crippen LogP contribution in [-0.2, 0) is 4.43 Å². The number of aliphatic hydroxyl groups is 1. The van der Waals surface area contributed by atoms with Crippen molar-refractivity contribution in [2.75, 3.05) is 6.61 Å². The van der Waals surface area contributed by atoms with Crippen LogP contribution in [0.5, 0.6) is 0 Å². The summed E-state index contributed by atoms with van der Waals surface area (Å²) in [5.74, 6) is 0. The van der Waals surface area contributed by atoms with E-state index >= 15 is 0 Å². The molecule has 1 heterocycles. The summed E-state index contributed by atoms with van der Waals surface area (Å²) in [6, 6.07) is 0. The van der Waals surface area contributed by atoms with Gasteiger partial charge in [-0.15, -0.1) is 11.3 Å². The van der Waals surface area contributed by atoms with Gasteiger partial charge in [-0.3, -0.25) is 0 Å². The molecule has 0 aliphatic carbocycles. The third-order valence-electron chi connectivity index (χ3n) is 4.69. The molecule has 24 heavy (non-hydrogen) atoms. The normalized spacial score (nSPS) is 15.7. The maximum atomic E-state index is 9.26. The molecule has 0 amide bonds. The number of aliphatic hydroxyl groups excluding tert-OH is 1. The first-order valence-corrected chi connectivity index (χ1v) is 12.3. The molecule has 5 heteroatoms. The predicted octanol–water partition coefficient (Wildman–Crippen LogP) is 5.57. The Kier molecular flexibility index (Phi) is 7.60. The van der Waals surface area contributed by atoms with Gasteiger partial charge in [0.15, 0.2) is 8.32 Å². The van der Waals surface area contributed by atoms with E-state index in [1.807, 2.05) is 13.8 Å². The van der Waals surface area contributed by atoms with Crippen molar-refractivity contribution in [3.63, 3.8) is 0 Å². The third-order valence-corrected chi connectivity index (χ3v) is 9.97. The van der Waals surface area contributed by atoms with Crippen LogP contribution in [-0.4, -0.2) is 31.1 Å². The topological polar surface area (TPSA) is 42.4 Å². The van der Waals surface area contributed by atoms with Gasteiger partial charge in [-0.05, 0) is 57.0 Å². The summed E-state index contributed by atoms with van der Waals surface area (Å²) in [5, 5.41) is 12.6. The quantitative estimate of drug-likeness (QED) is 0.506. The van der Waals surface area contributed by atoms with E-state index in [0.29, 0.717) is 0 Å². The molecule has 0 saturated carbocycles. The number of nitrogens with zero attached hydrogens (tertiary/aromatic N) is 1. The number of hydrogen-bond acceptors (Lipinski definition) is 4. The van der Waals surface area contributed by atoms with Crippen molar-refractivity contribution in [2.45, 2.75) is 72.2 Å². The molecule has 0 spiro atoms. The second-order valence-corrected chi connectivity index (χ2v) is 13.8. The summed E-state index contributed by atoms with van der Waals surface area (Å²) in [5.41, 5.74) is 3.17. The summed E-state index contributed by atoms with van der Waals surface area (Å²) < 4.78 is 6.66. The lowest BCUT2D eigenvalue weighted by molar-refractivity contribution is 0.217. The molecule has 1 N–H and O–H groups in total. The first-order chi connectivity index (χ1) is 11.0. The van der Waals surface area contributed by atoms with Gasteiger partial charge in [0.25, 0.3) is 0 Å². The lowest BCUT2D eigenvalue weighted by Crippen LogP contribution is -2.44. The van der Waals surface area contributed by atoms with Crippen LogP contribution in [0.2, 0.25) is 18.1 Å². The zero-order chi connectivity index (χ0) is 18.5. The number of rotatable bonds is 7. The lowest BCUT2D eigenvalue weighted by atomic mass is 10.1. The van der Waals surface area contributed by atoms with Crippen molar-refractivity contribution in [1.29, 1.82) is 0 Å². The van der Waals surface area contributed by atoms with E-state index in [4.69, 9.17) is 4.43 Å². The molecular formula is C19H33NO2SSi. The lowest BCUT2D eigenvalue weighted by Gasteiger charge is -2.39. The van der Waals surface area contributed by atoms with E-state index in [1.165, 1.54) is 5.57 Å². The van der Waals surface area contributed by atoms with Crippen LogP contribution >= 0.6 is 11.3 Å². The zero-order valence-corrected chi connectivity index (χ0v) is 18.3. The van der Waals surface area contributed by atoms with Crippen LogP contribution < -0.4 is 0 Å². The molecule has 0 bridgehead atoms. The van der Waals surface area contributed by atoms with Gasteiger partial charge in [0.1, 0.15) is 0 Å². The zero-order valence-electron chi connectivity index (χ0n) is 16.4. The molecule has 1 aromatic heterocycles. The first kappa shape index (κ1) is 21.3. The molecular weight excluding hydrogens is 334 g/mol. The highest BCUT2D eigenvalue weighted by atomic mass is 32.1. The molecule has 0 saturated heterocycles. The van der Waals surface area contributed by atoms with Gasteiger partial charge < -0.3 is 9.53 Å². The number of hydrogen-bond donors (Lipinski definition) is 1. The Bertz CT molecular complexity index is 597. The maximum Gasteiger partial charge on any atom is 0.192 e. The van der Waals surface area contributed by atoms with Crippen molar-refractivity contribution < 1.29 is 9.53 Å². The highest BCUT2D eigenvalue weighted by Gasteiger charge is 2.39. The Labute approximate surface area is 152 Å². The minimum atomic E-state index is -1.88. The summed E-state index contributed by atoms with van der Waals surface area (Å²) in [6.07, 6.45) is 5.02. The Morgan fingerprint density at radius 1 is 1.38 bits per heavy atom. The summed E-state index contributed by atoms with van der Waals surface area (Å²) in [6.45, 7) is 17.5. The van der Waals surface area contributed by atoms with Crippen LogP contribution in [0.3, 0.4) is 0 Å². The molecule has 0 fully saturated rings. The third kappa shape index (κ3) is 6.28. The van der Waals surface area contributed by atoms with Gasteiger partial charge in [0, 0.05) is 5.38 Å².